The Labute approximate surface area is 118 Å². The zero-order chi connectivity index (χ0) is 14.7. The number of nitrogens with zero attached hydrogens (tertiary/aromatic N) is 2. The van der Waals surface area contributed by atoms with Crippen LogP contribution < -0.4 is 5.01 Å². The zero-order valence-electron chi connectivity index (χ0n) is 11.9. The van der Waals surface area contributed by atoms with Crippen molar-refractivity contribution in [3.05, 3.63) is 29.8 Å². The third-order valence-electron chi connectivity index (χ3n) is 3.43. The van der Waals surface area contributed by atoms with Gasteiger partial charge in [-0.2, -0.15) is 5.10 Å². The molecule has 20 heavy (non-hydrogen) atoms. The van der Waals surface area contributed by atoms with Crippen LogP contribution in [0.4, 0.5) is 5.69 Å². The molecule has 1 aromatic rings. The van der Waals surface area contributed by atoms with E-state index in [9.17, 15) is 9.59 Å². The average molecular weight is 274 g/mol. The summed E-state index contributed by atoms with van der Waals surface area (Å²) in [6.07, 6.45) is 1.18. The fraction of sp³-hybridized carbons (Fsp3) is 0.400. The van der Waals surface area contributed by atoms with Crippen LogP contribution in [0.25, 0.3) is 0 Å². The molecule has 1 heterocycles. The number of methoxy groups -OCH3 is 1. The molecular weight excluding hydrogens is 256 g/mol. The topological polar surface area (TPSA) is 59.0 Å². The van der Waals surface area contributed by atoms with Gasteiger partial charge < -0.3 is 4.74 Å². The maximum absolute atomic E-state index is 12.1. The lowest BCUT2D eigenvalue weighted by atomic mass is 9.95. The van der Waals surface area contributed by atoms with Crippen LogP contribution in [0, 0.1) is 0 Å². The summed E-state index contributed by atoms with van der Waals surface area (Å²) in [5.74, 6) is -0.344. The van der Waals surface area contributed by atoms with E-state index in [1.54, 1.807) is 18.0 Å². The van der Waals surface area contributed by atoms with Crippen molar-refractivity contribution in [1.82, 2.24) is 0 Å². The van der Waals surface area contributed by atoms with Gasteiger partial charge in [0.25, 0.3) is 0 Å². The lowest BCUT2D eigenvalue weighted by molar-refractivity contribution is -0.132. The number of ether oxygens (including phenoxy) is 1. The Morgan fingerprint density at radius 3 is 2.80 bits per heavy atom. The number of para-hydroxylation sites is 1. The summed E-state index contributed by atoms with van der Waals surface area (Å²) in [5.41, 5.74) is 1.67. The first-order valence-corrected chi connectivity index (χ1v) is 6.63. The molecule has 0 amide bonds. The van der Waals surface area contributed by atoms with E-state index in [1.165, 1.54) is 7.11 Å². The number of carbonyl (C=O) groups excluding carboxylic acids is 2. The van der Waals surface area contributed by atoms with Crippen molar-refractivity contribution in [1.29, 1.82) is 0 Å². The number of anilines is 1. The van der Waals surface area contributed by atoms with E-state index in [0.717, 1.165) is 12.1 Å². The minimum atomic E-state index is -0.464. The Hall–Kier alpha value is -2.17. The molecule has 0 saturated carbocycles. The standard InChI is InChI=1S/C15H18N2O3/c1-4-11-9-14(18)12-7-5-6-8-13(12)17(11)16-10(2)15(19)20-3/h5-8,11H,4,9H2,1-3H3/b16-10-. The second kappa shape index (κ2) is 5.86. The maximum atomic E-state index is 12.1. The SMILES string of the molecule is CCC1CC(=O)c2ccccc2N1/N=C(/C)C(=O)OC. The Bertz CT molecular complexity index is 566. The van der Waals surface area contributed by atoms with Crippen molar-refractivity contribution < 1.29 is 14.3 Å². The molecule has 5 heteroatoms. The van der Waals surface area contributed by atoms with Crippen molar-refractivity contribution in [2.24, 2.45) is 5.10 Å². The van der Waals surface area contributed by atoms with Gasteiger partial charge in [0, 0.05) is 12.0 Å². The predicted octanol–water partition coefficient (Wildman–Crippen LogP) is 2.41. The van der Waals surface area contributed by atoms with Crippen LogP contribution in [0.5, 0.6) is 0 Å². The number of carbonyl (C=O) groups is 2. The van der Waals surface area contributed by atoms with Crippen molar-refractivity contribution in [2.45, 2.75) is 32.7 Å². The van der Waals surface area contributed by atoms with Gasteiger partial charge in [-0.15, -0.1) is 0 Å². The van der Waals surface area contributed by atoms with Crippen molar-refractivity contribution in [3.63, 3.8) is 0 Å². The van der Waals surface area contributed by atoms with Crippen LogP contribution in [-0.2, 0) is 9.53 Å². The summed E-state index contributed by atoms with van der Waals surface area (Å²) in [7, 11) is 1.33. The third kappa shape index (κ3) is 2.57. The molecule has 1 aromatic carbocycles. The van der Waals surface area contributed by atoms with Gasteiger partial charge in [0.15, 0.2) is 5.78 Å². The molecule has 0 radical (unpaired) electrons. The normalized spacial score (nSPS) is 18.8. The van der Waals surface area contributed by atoms with Crippen LogP contribution in [0.2, 0.25) is 0 Å². The van der Waals surface area contributed by atoms with Gasteiger partial charge in [-0.3, -0.25) is 9.80 Å². The van der Waals surface area contributed by atoms with E-state index in [1.807, 2.05) is 25.1 Å². The summed E-state index contributed by atoms with van der Waals surface area (Å²) in [5, 5.41) is 6.12. The number of hydrazone groups is 1. The van der Waals surface area contributed by atoms with Crippen LogP contribution in [-0.4, -0.2) is 30.6 Å². The Morgan fingerprint density at radius 2 is 2.15 bits per heavy atom. The molecule has 0 saturated heterocycles. The highest BCUT2D eigenvalue weighted by Crippen LogP contribution is 2.32. The van der Waals surface area contributed by atoms with Gasteiger partial charge in [-0.1, -0.05) is 19.1 Å². The number of fused-ring (bicyclic) bond motifs is 1. The van der Waals surface area contributed by atoms with Gasteiger partial charge in [-0.25, -0.2) is 4.79 Å². The minimum absolute atomic E-state index is 0.0305. The molecule has 0 spiro atoms. The number of benzene rings is 1. The van der Waals surface area contributed by atoms with Crippen LogP contribution >= 0.6 is 0 Å². The highest BCUT2D eigenvalue weighted by Gasteiger charge is 2.30. The van der Waals surface area contributed by atoms with Gasteiger partial charge in [0.1, 0.15) is 5.71 Å². The second-order valence-electron chi connectivity index (χ2n) is 4.73. The van der Waals surface area contributed by atoms with E-state index in [4.69, 9.17) is 0 Å². The van der Waals surface area contributed by atoms with E-state index >= 15 is 0 Å². The average Bonchev–Trinajstić information content (AvgIpc) is 2.48. The second-order valence-corrected chi connectivity index (χ2v) is 4.73. The smallest absolute Gasteiger partial charge is 0.353 e. The molecule has 0 N–H and O–H groups in total. The molecule has 106 valence electrons. The molecule has 0 fully saturated rings. The summed E-state index contributed by atoms with van der Waals surface area (Å²) >= 11 is 0. The summed E-state index contributed by atoms with van der Waals surface area (Å²) < 4.78 is 4.67. The molecule has 0 bridgehead atoms. The molecular formula is C15H18N2O3. The number of rotatable bonds is 3. The number of hydrogen-bond donors (Lipinski definition) is 0. The Morgan fingerprint density at radius 1 is 1.45 bits per heavy atom. The zero-order valence-corrected chi connectivity index (χ0v) is 11.9. The van der Waals surface area contributed by atoms with Gasteiger partial charge in [0.2, 0.25) is 0 Å². The minimum Gasteiger partial charge on any atom is -0.464 e. The molecule has 0 aliphatic carbocycles. The third-order valence-corrected chi connectivity index (χ3v) is 3.43. The Balaban J connectivity index is 2.46. The lowest BCUT2D eigenvalue weighted by Gasteiger charge is -2.34. The van der Waals surface area contributed by atoms with Gasteiger partial charge >= 0.3 is 5.97 Å². The lowest BCUT2D eigenvalue weighted by Crippen LogP contribution is -2.38. The van der Waals surface area contributed by atoms with Crippen LogP contribution in [0.1, 0.15) is 37.0 Å². The molecule has 1 unspecified atom stereocenters. The van der Waals surface area contributed by atoms with Crippen LogP contribution in [0.3, 0.4) is 0 Å². The number of hydrogen-bond acceptors (Lipinski definition) is 5. The molecule has 1 aliphatic heterocycles. The summed E-state index contributed by atoms with van der Waals surface area (Å²) in [4.78, 5) is 23.6. The quantitative estimate of drug-likeness (QED) is 0.627. The van der Waals surface area contributed by atoms with Crippen LogP contribution in [0.15, 0.2) is 29.4 Å². The monoisotopic (exact) mass is 274 g/mol. The Kier molecular flexibility index (Phi) is 4.17. The fourth-order valence-corrected chi connectivity index (χ4v) is 2.32. The fourth-order valence-electron chi connectivity index (χ4n) is 2.32. The molecule has 5 nitrogen and oxygen atoms in total. The molecule has 2 rings (SSSR count). The van der Waals surface area contributed by atoms with E-state index in [2.05, 4.69) is 9.84 Å². The molecule has 1 atom stereocenters. The first kappa shape index (κ1) is 14.2. The largest absolute Gasteiger partial charge is 0.464 e. The summed E-state index contributed by atoms with van der Waals surface area (Å²) in [6.45, 7) is 3.61. The molecule has 0 aromatic heterocycles. The van der Waals surface area contributed by atoms with E-state index < -0.39 is 5.97 Å². The van der Waals surface area contributed by atoms with Gasteiger partial charge in [-0.05, 0) is 25.5 Å². The maximum Gasteiger partial charge on any atom is 0.353 e. The number of ketones is 1. The number of Topliss-reactive ketones (excluding diaryl/α,β-unsaturated/α-hetero) is 1. The highest BCUT2D eigenvalue weighted by atomic mass is 16.5. The first-order valence-electron chi connectivity index (χ1n) is 6.63. The molecule has 1 aliphatic rings. The predicted molar refractivity (Wildman–Crippen MR) is 77.1 cm³/mol. The van der Waals surface area contributed by atoms with Crippen molar-refractivity contribution >= 4 is 23.2 Å². The summed E-state index contributed by atoms with van der Waals surface area (Å²) in [6, 6.07) is 7.30. The first-order chi connectivity index (χ1) is 9.58. The van der Waals surface area contributed by atoms with E-state index in [0.29, 0.717) is 12.0 Å². The van der Waals surface area contributed by atoms with Gasteiger partial charge in [0.05, 0.1) is 18.8 Å². The van der Waals surface area contributed by atoms with E-state index in [-0.39, 0.29) is 17.5 Å². The number of esters is 1. The van der Waals surface area contributed by atoms with Crippen molar-refractivity contribution in [2.75, 3.05) is 12.1 Å². The van der Waals surface area contributed by atoms with Crippen molar-refractivity contribution in [3.8, 4) is 0 Å². The highest BCUT2D eigenvalue weighted by molar-refractivity contribution is 6.35.